The van der Waals surface area contributed by atoms with Crippen molar-refractivity contribution in [2.75, 3.05) is 31.1 Å². The molecule has 5 heteroatoms. The van der Waals surface area contributed by atoms with E-state index in [9.17, 15) is 4.79 Å². The van der Waals surface area contributed by atoms with Gasteiger partial charge in [-0.3, -0.25) is 9.78 Å². The molecule has 0 bridgehead atoms. The third kappa shape index (κ3) is 3.94. The fourth-order valence-electron chi connectivity index (χ4n) is 3.56. The summed E-state index contributed by atoms with van der Waals surface area (Å²) in [5.41, 5.74) is 4.20. The monoisotopic (exact) mass is 372 g/mol. The molecule has 0 atom stereocenters. The zero-order valence-corrected chi connectivity index (χ0v) is 16.1. The Morgan fingerprint density at radius 2 is 1.93 bits per heavy atom. The first-order valence-electron chi connectivity index (χ1n) is 9.71. The summed E-state index contributed by atoms with van der Waals surface area (Å²) >= 11 is 0. The van der Waals surface area contributed by atoms with Crippen molar-refractivity contribution in [3.05, 3.63) is 77.7 Å². The van der Waals surface area contributed by atoms with Crippen LogP contribution in [0.1, 0.15) is 28.0 Å². The van der Waals surface area contributed by atoms with Crippen LogP contribution in [0.25, 0.3) is 11.1 Å². The third-order valence-corrected chi connectivity index (χ3v) is 5.09. The van der Waals surface area contributed by atoms with Crippen LogP contribution in [0.15, 0.2) is 60.9 Å². The molecule has 1 fully saturated rings. The van der Waals surface area contributed by atoms with Gasteiger partial charge in [-0.05, 0) is 49.2 Å². The van der Waals surface area contributed by atoms with Crippen LogP contribution in [0.2, 0.25) is 0 Å². The number of nitrogens with one attached hydrogen (secondary N) is 1. The molecule has 1 saturated heterocycles. The molecule has 142 valence electrons. The molecule has 0 spiro atoms. The number of rotatable bonds is 4. The number of hydrogen-bond acceptors (Lipinski definition) is 5. The van der Waals surface area contributed by atoms with E-state index in [2.05, 4.69) is 33.2 Å². The van der Waals surface area contributed by atoms with E-state index >= 15 is 0 Å². The molecular weight excluding hydrogens is 348 g/mol. The number of carbonyl (C=O) groups excluding carboxylic acids is 1. The first-order valence-corrected chi connectivity index (χ1v) is 9.71. The lowest BCUT2D eigenvalue weighted by Crippen LogP contribution is -2.28. The molecule has 0 amide bonds. The summed E-state index contributed by atoms with van der Waals surface area (Å²) in [5.74, 6) is 0.760. The molecule has 0 unspecified atom stereocenters. The number of anilines is 1. The van der Waals surface area contributed by atoms with E-state index < -0.39 is 0 Å². The van der Waals surface area contributed by atoms with Crippen molar-refractivity contribution in [3.63, 3.8) is 0 Å². The standard InChI is InChI=1S/C23H24N4O/c1-17-6-2-3-7-20(17)18-14-19(16-25-15-18)23(28)21-8-4-9-22(26-21)27-12-5-10-24-11-13-27/h2-4,6-9,14-16,24H,5,10-13H2,1H3. The molecule has 3 heterocycles. The number of benzene rings is 1. The van der Waals surface area contributed by atoms with E-state index in [4.69, 9.17) is 0 Å². The zero-order valence-electron chi connectivity index (χ0n) is 16.1. The number of aromatic nitrogens is 2. The van der Waals surface area contributed by atoms with Crippen molar-refractivity contribution >= 4 is 11.6 Å². The summed E-state index contributed by atoms with van der Waals surface area (Å²) in [6.45, 7) is 5.86. The summed E-state index contributed by atoms with van der Waals surface area (Å²) in [6.07, 6.45) is 4.49. The van der Waals surface area contributed by atoms with Gasteiger partial charge in [0.05, 0.1) is 0 Å². The van der Waals surface area contributed by atoms with Gasteiger partial charge in [-0.2, -0.15) is 0 Å². The van der Waals surface area contributed by atoms with Gasteiger partial charge in [0.1, 0.15) is 11.5 Å². The van der Waals surface area contributed by atoms with Crippen LogP contribution in [-0.2, 0) is 0 Å². The third-order valence-electron chi connectivity index (χ3n) is 5.09. The van der Waals surface area contributed by atoms with Gasteiger partial charge in [0.15, 0.2) is 0 Å². The predicted molar refractivity (Wildman–Crippen MR) is 112 cm³/mol. The van der Waals surface area contributed by atoms with Crippen LogP contribution in [-0.4, -0.2) is 41.9 Å². The van der Waals surface area contributed by atoms with Gasteiger partial charge in [0.25, 0.3) is 0 Å². The summed E-state index contributed by atoms with van der Waals surface area (Å²) in [7, 11) is 0. The van der Waals surface area contributed by atoms with E-state index in [1.165, 1.54) is 0 Å². The average molecular weight is 372 g/mol. The minimum atomic E-state index is -0.0993. The first kappa shape index (κ1) is 18.3. The topological polar surface area (TPSA) is 58.1 Å². The van der Waals surface area contributed by atoms with Gasteiger partial charge >= 0.3 is 0 Å². The van der Waals surface area contributed by atoms with Crippen molar-refractivity contribution in [2.24, 2.45) is 0 Å². The Kier molecular flexibility index (Phi) is 5.44. The fourth-order valence-corrected chi connectivity index (χ4v) is 3.56. The average Bonchev–Trinajstić information content (AvgIpc) is 3.03. The Bertz CT molecular complexity index is 978. The highest BCUT2D eigenvalue weighted by Crippen LogP contribution is 2.24. The lowest BCUT2D eigenvalue weighted by Gasteiger charge is -2.21. The van der Waals surface area contributed by atoms with Crippen molar-refractivity contribution in [2.45, 2.75) is 13.3 Å². The molecule has 28 heavy (non-hydrogen) atoms. The van der Waals surface area contributed by atoms with E-state index in [-0.39, 0.29) is 5.78 Å². The van der Waals surface area contributed by atoms with Gasteiger partial charge in [0.2, 0.25) is 5.78 Å². The summed E-state index contributed by atoms with van der Waals surface area (Å²) in [4.78, 5) is 24.3. The fraction of sp³-hybridized carbons (Fsp3) is 0.261. The van der Waals surface area contributed by atoms with Crippen molar-refractivity contribution in [1.29, 1.82) is 0 Å². The molecule has 4 rings (SSSR count). The highest BCUT2D eigenvalue weighted by Gasteiger charge is 2.16. The van der Waals surface area contributed by atoms with Gasteiger partial charge < -0.3 is 10.2 Å². The van der Waals surface area contributed by atoms with Gasteiger partial charge in [-0.25, -0.2) is 4.98 Å². The Morgan fingerprint density at radius 1 is 1.04 bits per heavy atom. The van der Waals surface area contributed by atoms with E-state index in [1.54, 1.807) is 18.5 Å². The smallest absolute Gasteiger partial charge is 0.212 e. The highest BCUT2D eigenvalue weighted by atomic mass is 16.1. The van der Waals surface area contributed by atoms with Crippen molar-refractivity contribution < 1.29 is 4.79 Å². The Hall–Kier alpha value is -3.05. The molecule has 0 radical (unpaired) electrons. The molecule has 1 N–H and O–H groups in total. The Morgan fingerprint density at radius 3 is 2.82 bits per heavy atom. The van der Waals surface area contributed by atoms with Crippen LogP contribution in [0.5, 0.6) is 0 Å². The molecule has 3 aromatic rings. The van der Waals surface area contributed by atoms with E-state index in [1.807, 2.05) is 36.4 Å². The van der Waals surface area contributed by atoms with E-state index in [0.717, 1.165) is 55.1 Å². The SMILES string of the molecule is Cc1ccccc1-c1cncc(C(=O)c2cccc(N3CCCNCC3)n2)c1. The second-order valence-corrected chi connectivity index (χ2v) is 7.08. The maximum atomic E-state index is 13.1. The van der Waals surface area contributed by atoms with Crippen LogP contribution in [0.3, 0.4) is 0 Å². The molecule has 0 aliphatic carbocycles. The molecule has 1 aromatic carbocycles. The van der Waals surface area contributed by atoms with Crippen LogP contribution < -0.4 is 10.2 Å². The number of carbonyl (C=O) groups is 1. The van der Waals surface area contributed by atoms with Crippen molar-refractivity contribution in [1.82, 2.24) is 15.3 Å². The van der Waals surface area contributed by atoms with Crippen LogP contribution in [0, 0.1) is 6.92 Å². The van der Waals surface area contributed by atoms with Crippen LogP contribution in [0.4, 0.5) is 5.82 Å². The van der Waals surface area contributed by atoms with E-state index in [0.29, 0.717) is 11.3 Å². The normalized spacial score (nSPS) is 14.5. The Labute approximate surface area is 165 Å². The van der Waals surface area contributed by atoms with Gasteiger partial charge in [-0.1, -0.05) is 30.3 Å². The molecule has 2 aromatic heterocycles. The Balaban J connectivity index is 1.62. The number of ketones is 1. The first-order chi connectivity index (χ1) is 13.7. The predicted octanol–water partition coefficient (Wildman–Crippen LogP) is 3.48. The number of aryl methyl sites for hydroxylation is 1. The maximum absolute atomic E-state index is 13.1. The minimum absolute atomic E-state index is 0.0993. The quantitative estimate of drug-likeness (QED) is 0.711. The molecule has 1 aliphatic heterocycles. The number of nitrogens with zero attached hydrogens (tertiary/aromatic N) is 3. The molecule has 5 nitrogen and oxygen atoms in total. The largest absolute Gasteiger partial charge is 0.355 e. The highest BCUT2D eigenvalue weighted by molar-refractivity contribution is 6.08. The lowest BCUT2D eigenvalue weighted by atomic mass is 9.99. The summed E-state index contributed by atoms with van der Waals surface area (Å²) in [5, 5.41) is 3.39. The summed E-state index contributed by atoms with van der Waals surface area (Å²) < 4.78 is 0. The lowest BCUT2D eigenvalue weighted by molar-refractivity contribution is 0.103. The minimum Gasteiger partial charge on any atom is -0.355 e. The number of pyridine rings is 2. The zero-order chi connectivity index (χ0) is 19.3. The second kappa shape index (κ2) is 8.31. The second-order valence-electron chi connectivity index (χ2n) is 7.08. The summed E-state index contributed by atoms with van der Waals surface area (Å²) in [6, 6.07) is 15.7. The maximum Gasteiger partial charge on any atom is 0.212 e. The van der Waals surface area contributed by atoms with Gasteiger partial charge in [-0.15, -0.1) is 0 Å². The van der Waals surface area contributed by atoms with Crippen LogP contribution >= 0.6 is 0 Å². The number of hydrogen-bond donors (Lipinski definition) is 1. The molecular formula is C23H24N4O. The molecule has 1 aliphatic rings. The van der Waals surface area contributed by atoms with Gasteiger partial charge in [0, 0.05) is 43.2 Å². The van der Waals surface area contributed by atoms with Crippen molar-refractivity contribution in [3.8, 4) is 11.1 Å². The molecule has 0 saturated carbocycles.